The van der Waals surface area contributed by atoms with Crippen LogP contribution in [0.5, 0.6) is 11.5 Å². The molecule has 0 atom stereocenters. The van der Waals surface area contributed by atoms with Crippen LogP contribution in [-0.2, 0) is 11.4 Å². The molecule has 180 valence electrons. The van der Waals surface area contributed by atoms with Crippen molar-refractivity contribution in [1.29, 1.82) is 0 Å². The first-order valence-electron chi connectivity index (χ1n) is 11.8. The maximum atomic E-state index is 13.0. The van der Waals surface area contributed by atoms with Crippen molar-refractivity contribution in [3.63, 3.8) is 0 Å². The number of amidine groups is 1. The van der Waals surface area contributed by atoms with Gasteiger partial charge in [-0.15, -0.1) is 0 Å². The predicted molar refractivity (Wildman–Crippen MR) is 148 cm³/mol. The molecular formula is C30H26N2O3S. The van der Waals surface area contributed by atoms with Gasteiger partial charge in [0.05, 0.1) is 17.7 Å². The molecule has 5 nitrogen and oxygen atoms in total. The summed E-state index contributed by atoms with van der Waals surface area (Å²) in [5.74, 6) is 1.52. The topological polar surface area (TPSA) is 51.1 Å². The van der Waals surface area contributed by atoms with Crippen molar-refractivity contribution in [3.05, 3.63) is 107 Å². The van der Waals surface area contributed by atoms with E-state index < -0.39 is 0 Å². The van der Waals surface area contributed by atoms with Gasteiger partial charge in [0.2, 0.25) is 0 Å². The zero-order valence-electron chi connectivity index (χ0n) is 20.2. The molecule has 0 aromatic heterocycles. The molecule has 1 heterocycles. The number of nitrogens with zero attached hydrogens (tertiary/aromatic N) is 2. The minimum atomic E-state index is -0.0361. The van der Waals surface area contributed by atoms with Crippen LogP contribution < -0.4 is 9.47 Å². The van der Waals surface area contributed by atoms with Gasteiger partial charge in [0.25, 0.3) is 5.91 Å². The van der Waals surface area contributed by atoms with Crippen LogP contribution in [0.3, 0.4) is 0 Å². The van der Waals surface area contributed by atoms with Gasteiger partial charge in [-0.2, -0.15) is 0 Å². The van der Waals surface area contributed by atoms with E-state index in [1.807, 2.05) is 73.7 Å². The molecule has 0 bridgehead atoms. The van der Waals surface area contributed by atoms with Gasteiger partial charge in [-0.25, -0.2) is 4.99 Å². The van der Waals surface area contributed by atoms with E-state index in [4.69, 9.17) is 9.47 Å². The van der Waals surface area contributed by atoms with Crippen LogP contribution >= 0.6 is 11.8 Å². The first-order valence-corrected chi connectivity index (χ1v) is 12.6. The molecule has 4 aromatic carbocycles. The number of hydrogen-bond acceptors (Lipinski definition) is 5. The summed E-state index contributed by atoms with van der Waals surface area (Å²) in [4.78, 5) is 20.0. The third-order valence-electron chi connectivity index (χ3n) is 5.95. The van der Waals surface area contributed by atoms with Gasteiger partial charge in [-0.1, -0.05) is 54.6 Å². The molecule has 0 unspecified atom stereocenters. The lowest BCUT2D eigenvalue weighted by Gasteiger charge is -2.12. The first-order chi connectivity index (χ1) is 17.6. The SMILES string of the molecule is CCN1C(=O)/C(=C\c2ccc(OCc3cccc4ccccc34)cc2)SC1=Nc1ccc(OC)cc1. The number of benzene rings is 4. The zero-order chi connectivity index (χ0) is 24.9. The Morgan fingerprint density at radius 2 is 1.61 bits per heavy atom. The Kier molecular flexibility index (Phi) is 7.05. The molecule has 0 spiro atoms. The Morgan fingerprint density at radius 3 is 2.36 bits per heavy atom. The van der Waals surface area contributed by atoms with Crippen LogP contribution in [0, 0.1) is 0 Å². The first kappa shape index (κ1) is 23.7. The van der Waals surface area contributed by atoms with E-state index in [1.165, 1.54) is 22.5 Å². The van der Waals surface area contributed by atoms with E-state index in [0.717, 1.165) is 28.3 Å². The average molecular weight is 495 g/mol. The Morgan fingerprint density at radius 1 is 0.889 bits per heavy atom. The number of aliphatic imine (C=N–C) groups is 1. The van der Waals surface area contributed by atoms with Gasteiger partial charge in [-0.05, 0) is 83.1 Å². The molecule has 0 N–H and O–H groups in total. The number of ether oxygens (including phenoxy) is 2. The minimum Gasteiger partial charge on any atom is -0.497 e. The van der Waals surface area contributed by atoms with Crippen LogP contribution in [0.1, 0.15) is 18.1 Å². The van der Waals surface area contributed by atoms with E-state index in [9.17, 15) is 4.79 Å². The molecule has 5 rings (SSSR count). The third-order valence-corrected chi connectivity index (χ3v) is 6.96. The highest BCUT2D eigenvalue weighted by Crippen LogP contribution is 2.34. The molecule has 4 aromatic rings. The Bertz CT molecular complexity index is 1440. The molecule has 1 aliphatic heterocycles. The summed E-state index contributed by atoms with van der Waals surface area (Å²) in [7, 11) is 1.63. The lowest BCUT2D eigenvalue weighted by Crippen LogP contribution is -2.28. The summed E-state index contributed by atoms with van der Waals surface area (Å²) >= 11 is 1.39. The second kappa shape index (κ2) is 10.7. The number of thioether (sulfide) groups is 1. The Labute approximate surface area is 215 Å². The highest BCUT2D eigenvalue weighted by molar-refractivity contribution is 8.18. The lowest BCUT2D eigenvalue weighted by molar-refractivity contribution is -0.122. The Balaban J connectivity index is 1.29. The standard InChI is InChI=1S/C30H26N2O3S/c1-3-32-29(33)28(36-30(32)31-24-13-17-25(34-2)18-14-24)19-21-11-15-26(16-12-21)35-20-23-9-6-8-22-7-4-5-10-27(22)23/h4-19H,3,20H2,1-2H3/b28-19+,31-30?. The largest absolute Gasteiger partial charge is 0.497 e. The summed E-state index contributed by atoms with van der Waals surface area (Å²) in [5.41, 5.74) is 2.86. The summed E-state index contributed by atoms with van der Waals surface area (Å²) in [6.45, 7) is 3.00. The number of fused-ring (bicyclic) bond motifs is 1. The summed E-state index contributed by atoms with van der Waals surface area (Å²) in [6, 6.07) is 29.8. The molecular weight excluding hydrogens is 468 g/mol. The quantitative estimate of drug-likeness (QED) is 0.258. The van der Waals surface area contributed by atoms with E-state index in [1.54, 1.807) is 12.0 Å². The fraction of sp³-hybridized carbons (Fsp3) is 0.133. The van der Waals surface area contributed by atoms with Gasteiger partial charge in [0.1, 0.15) is 18.1 Å². The van der Waals surface area contributed by atoms with E-state index >= 15 is 0 Å². The van der Waals surface area contributed by atoms with Crippen LogP contribution in [0.4, 0.5) is 5.69 Å². The van der Waals surface area contributed by atoms with Crippen molar-refractivity contribution in [2.24, 2.45) is 4.99 Å². The second-order valence-electron chi connectivity index (χ2n) is 8.25. The van der Waals surface area contributed by atoms with Crippen molar-refractivity contribution in [2.45, 2.75) is 13.5 Å². The van der Waals surface area contributed by atoms with Crippen LogP contribution in [0.25, 0.3) is 16.8 Å². The molecule has 1 amide bonds. The molecule has 1 aliphatic rings. The zero-order valence-corrected chi connectivity index (χ0v) is 21.0. The average Bonchev–Trinajstić information content (AvgIpc) is 3.21. The molecule has 0 aliphatic carbocycles. The van der Waals surface area contributed by atoms with Crippen molar-refractivity contribution < 1.29 is 14.3 Å². The lowest BCUT2D eigenvalue weighted by atomic mass is 10.1. The molecule has 1 saturated heterocycles. The third kappa shape index (κ3) is 5.14. The van der Waals surface area contributed by atoms with Gasteiger partial charge in [0.15, 0.2) is 5.17 Å². The number of amides is 1. The molecule has 0 radical (unpaired) electrons. The number of hydrogen-bond donors (Lipinski definition) is 0. The maximum Gasteiger partial charge on any atom is 0.266 e. The predicted octanol–water partition coefficient (Wildman–Crippen LogP) is 7.05. The maximum absolute atomic E-state index is 13.0. The minimum absolute atomic E-state index is 0.0361. The van der Waals surface area contributed by atoms with Gasteiger partial charge < -0.3 is 9.47 Å². The van der Waals surface area contributed by atoms with Crippen molar-refractivity contribution in [3.8, 4) is 11.5 Å². The Hall–Kier alpha value is -4.03. The highest BCUT2D eigenvalue weighted by Gasteiger charge is 2.32. The molecule has 0 saturated carbocycles. The van der Waals surface area contributed by atoms with Crippen LogP contribution in [0.2, 0.25) is 0 Å². The number of carbonyl (C=O) groups is 1. The van der Waals surface area contributed by atoms with Crippen LogP contribution in [-0.4, -0.2) is 29.6 Å². The molecule has 6 heteroatoms. The van der Waals surface area contributed by atoms with Crippen LogP contribution in [0.15, 0.2) is 101 Å². The van der Waals surface area contributed by atoms with E-state index in [0.29, 0.717) is 23.2 Å². The highest BCUT2D eigenvalue weighted by atomic mass is 32.2. The molecule has 1 fully saturated rings. The second-order valence-corrected chi connectivity index (χ2v) is 9.26. The summed E-state index contributed by atoms with van der Waals surface area (Å²) in [5, 5.41) is 3.08. The monoisotopic (exact) mass is 494 g/mol. The van der Waals surface area contributed by atoms with E-state index in [2.05, 4.69) is 35.3 Å². The number of likely N-dealkylation sites (N-methyl/N-ethyl adjacent to an activating group) is 1. The number of rotatable bonds is 7. The normalized spacial score (nSPS) is 15.7. The van der Waals surface area contributed by atoms with Crippen molar-refractivity contribution >= 4 is 45.4 Å². The number of methoxy groups -OCH3 is 1. The number of carbonyl (C=O) groups excluding carboxylic acids is 1. The smallest absolute Gasteiger partial charge is 0.266 e. The van der Waals surface area contributed by atoms with Gasteiger partial charge in [-0.3, -0.25) is 9.69 Å². The summed E-state index contributed by atoms with van der Waals surface area (Å²) < 4.78 is 11.3. The van der Waals surface area contributed by atoms with Crippen molar-refractivity contribution in [1.82, 2.24) is 4.90 Å². The fourth-order valence-corrected chi connectivity index (χ4v) is 5.09. The van der Waals surface area contributed by atoms with Gasteiger partial charge >= 0.3 is 0 Å². The van der Waals surface area contributed by atoms with Crippen molar-refractivity contribution in [2.75, 3.05) is 13.7 Å². The van der Waals surface area contributed by atoms with E-state index in [-0.39, 0.29) is 5.91 Å². The summed E-state index contributed by atoms with van der Waals surface area (Å²) in [6.07, 6.45) is 1.90. The fourth-order valence-electron chi connectivity index (χ4n) is 4.03. The van der Waals surface area contributed by atoms with Gasteiger partial charge in [0, 0.05) is 6.54 Å². The molecule has 36 heavy (non-hydrogen) atoms.